The number of ether oxygens (including phenoxy) is 1. The number of hydrogen-bond donors (Lipinski definition) is 0. The molecule has 2 aromatic rings. The molecule has 0 heterocycles. The molecule has 0 unspecified atom stereocenters. The molecule has 0 aliphatic rings. The highest BCUT2D eigenvalue weighted by atomic mass is 79.9. The molecule has 19 heavy (non-hydrogen) atoms. The standard InChI is InChI=1S/C15H12BrFO2/c1-9-5-10(7-11(17)6-9)15(18)13-4-3-12(19-2)8-14(13)16/h3-8H,1-2H3. The Morgan fingerprint density at radius 2 is 1.95 bits per heavy atom. The van der Waals surface area contributed by atoms with Gasteiger partial charge in [0.25, 0.3) is 0 Å². The molecule has 2 nitrogen and oxygen atoms in total. The average molecular weight is 323 g/mol. The third kappa shape index (κ3) is 3.01. The minimum Gasteiger partial charge on any atom is -0.497 e. The van der Waals surface area contributed by atoms with Gasteiger partial charge in [-0.3, -0.25) is 4.79 Å². The molecule has 0 radical (unpaired) electrons. The lowest BCUT2D eigenvalue weighted by Crippen LogP contribution is -2.03. The molecule has 0 spiro atoms. The van der Waals surface area contributed by atoms with Crippen LogP contribution >= 0.6 is 15.9 Å². The Kier molecular flexibility index (Phi) is 4.00. The zero-order valence-electron chi connectivity index (χ0n) is 10.5. The summed E-state index contributed by atoms with van der Waals surface area (Å²) in [5, 5.41) is 0. The van der Waals surface area contributed by atoms with Crippen LogP contribution in [0.5, 0.6) is 5.75 Å². The van der Waals surface area contributed by atoms with E-state index in [4.69, 9.17) is 4.74 Å². The van der Waals surface area contributed by atoms with E-state index in [0.29, 0.717) is 26.9 Å². The number of rotatable bonds is 3. The molecule has 0 N–H and O–H groups in total. The van der Waals surface area contributed by atoms with Gasteiger partial charge in [0.05, 0.1) is 7.11 Å². The van der Waals surface area contributed by atoms with Crippen LogP contribution in [0, 0.1) is 12.7 Å². The summed E-state index contributed by atoms with van der Waals surface area (Å²) >= 11 is 3.33. The molecular formula is C15H12BrFO2. The van der Waals surface area contributed by atoms with E-state index in [0.717, 1.165) is 0 Å². The van der Waals surface area contributed by atoms with Gasteiger partial charge in [0, 0.05) is 15.6 Å². The number of hydrogen-bond acceptors (Lipinski definition) is 2. The molecule has 2 aromatic carbocycles. The van der Waals surface area contributed by atoms with Crippen molar-refractivity contribution < 1.29 is 13.9 Å². The van der Waals surface area contributed by atoms with E-state index in [-0.39, 0.29) is 5.78 Å². The minimum atomic E-state index is -0.409. The smallest absolute Gasteiger partial charge is 0.194 e. The molecule has 0 aromatic heterocycles. The van der Waals surface area contributed by atoms with Crippen LogP contribution in [-0.2, 0) is 0 Å². The van der Waals surface area contributed by atoms with E-state index in [2.05, 4.69) is 15.9 Å². The van der Waals surface area contributed by atoms with Crippen LogP contribution in [-0.4, -0.2) is 12.9 Å². The number of ketones is 1. The largest absolute Gasteiger partial charge is 0.497 e. The van der Waals surface area contributed by atoms with Crippen LogP contribution in [0.15, 0.2) is 40.9 Å². The van der Waals surface area contributed by atoms with Gasteiger partial charge in [-0.25, -0.2) is 4.39 Å². The third-order valence-electron chi connectivity index (χ3n) is 2.73. The Balaban J connectivity index is 2.44. The van der Waals surface area contributed by atoms with E-state index in [1.165, 1.54) is 12.1 Å². The predicted molar refractivity (Wildman–Crippen MR) is 75.3 cm³/mol. The van der Waals surface area contributed by atoms with Crippen LogP contribution in [0.25, 0.3) is 0 Å². The number of aryl methyl sites for hydroxylation is 1. The van der Waals surface area contributed by atoms with Crippen molar-refractivity contribution >= 4 is 21.7 Å². The summed E-state index contributed by atoms with van der Waals surface area (Å²) in [5.74, 6) is 0.0176. The van der Waals surface area contributed by atoms with Crippen molar-refractivity contribution in [2.24, 2.45) is 0 Å². The van der Waals surface area contributed by atoms with Crippen molar-refractivity contribution in [3.8, 4) is 5.75 Å². The summed E-state index contributed by atoms with van der Waals surface area (Å²) in [6.45, 7) is 1.75. The van der Waals surface area contributed by atoms with Gasteiger partial charge in [0.15, 0.2) is 5.78 Å². The Labute approximate surface area is 119 Å². The average Bonchev–Trinajstić information content (AvgIpc) is 2.36. The predicted octanol–water partition coefficient (Wildman–Crippen LogP) is 4.14. The Morgan fingerprint density at radius 1 is 1.21 bits per heavy atom. The van der Waals surface area contributed by atoms with Gasteiger partial charge in [-0.05, 0) is 64.8 Å². The molecule has 2 rings (SSSR count). The van der Waals surface area contributed by atoms with Crippen molar-refractivity contribution in [2.45, 2.75) is 6.92 Å². The number of carbonyl (C=O) groups excluding carboxylic acids is 1. The van der Waals surface area contributed by atoms with Crippen molar-refractivity contribution in [1.29, 1.82) is 0 Å². The van der Waals surface area contributed by atoms with Crippen LogP contribution in [0.3, 0.4) is 0 Å². The van der Waals surface area contributed by atoms with Crippen molar-refractivity contribution in [1.82, 2.24) is 0 Å². The lowest BCUT2D eigenvalue weighted by molar-refractivity contribution is 0.103. The van der Waals surface area contributed by atoms with Crippen molar-refractivity contribution in [3.63, 3.8) is 0 Å². The summed E-state index contributed by atoms with van der Waals surface area (Å²) in [6, 6.07) is 9.36. The highest BCUT2D eigenvalue weighted by Gasteiger charge is 2.14. The Hall–Kier alpha value is -1.68. The summed E-state index contributed by atoms with van der Waals surface area (Å²) in [5.41, 5.74) is 1.53. The second-order valence-corrected chi connectivity index (χ2v) is 5.05. The lowest BCUT2D eigenvalue weighted by Gasteiger charge is -2.07. The summed E-state index contributed by atoms with van der Waals surface area (Å²) in [6.07, 6.45) is 0. The van der Waals surface area contributed by atoms with Gasteiger partial charge in [-0.2, -0.15) is 0 Å². The van der Waals surface area contributed by atoms with Crippen LogP contribution in [0.4, 0.5) is 4.39 Å². The fourth-order valence-corrected chi connectivity index (χ4v) is 2.37. The van der Waals surface area contributed by atoms with E-state index in [9.17, 15) is 9.18 Å². The molecule has 4 heteroatoms. The molecule has 0 atom stereocenters. The van der Waals surface area contributed by atoms with Crippen molar-refractivity contribution in [3.05, 3.63) is 63.4 Å². The fourth-order valence-electron chi connectivity index (χ4n) is 1.83. The highest BCUT2D eigenvalue weighted by molar-refractivity contribution is 9.10. The number of halogens is 2. The maximum absolute atomic E-state index is 13.3. The summed E-state index contributed by atoms with van der Waals surface area (Å²) in [4.78, 5) is 12.3. The molecule has 0 aliphatic heterocycles. The quantitative estimate of drug-likeness (QED) is 0.794. The molecule has 0 saturated carbocycles. The van der Waals surface area contributed by atoms with Gasteiger partial charge in [-0.15, -0.1) is 0 Å². The maximum atomic E-state index is 13.3. The monoisotopic (exact) mass is 322 g/mol. The van der Waals surface area contributed by atoms with E-state index >= 15 is 0 Å². The van der Waals surface area contributed by atoms with Crippen LogP contribution < -0.4 is 4.74 Å². The summed E-state index contributed by atoms with van der Waals surface area (Å²) < 4.78 is 19.0. The Bertz CT molecular complexity index is 618. The van der Waals surface area contributed by atoms with Crippen LogP contribution in [0.2, 0.25) is 0 Å². The maximum Gasteiger partial charge on any atom is 0.194 e. The van der Waals surface area contributed by atoms with Gasteiger partial charge in [0.1, 0.15) is 11.6 Å². The first kappa shape index (κ1) is 13.7. The molecule has 0 saturated heterocycles. The first-order valence-electron chi connectivity index (χ1n) is 5.66. The number of methoxy groups -OCH3 is 1. The lowest BCUT2D eigenvalue weighted by atomic mass is 10.0. The molecule has 98 valence electrons. The van der Waals surface area contributed by atoms with E-state index in [1.807, 2.05) is 0 Å². The zero-order chi connectivity index (χ0) is 14.0. The first-order chi connectivity index (χ1) is 9.01. The first-order valence-corrected chi connectivity index (χ1v) is 6.46. The van der Waals surface area contributed by atoms with E-state index in [1.54, 1.807) is 38.3 Å². The van der Waals surface area contributed by atoms with Crippen molar-refractivity contribution in [2.75, 3.05) is 7.11 Å². The summed E-state index contributed by atoms with van der Waals surface area (Å²) in [7, 11) is 1.55. The van der Waals surface area contributed by atoms with Gasteiger partial charge in [-0.1, -0.05) is 0 Å². The van der Waals surface area contributed by atoms with Gasteiger partial charge < -0.3 is 4.74 Å². The minimum absolute atomic E-state index is 0.225. The molecular weight excluding hydrogens is 311 g/mol. The molecule has 0 bridgehead atoms. The van der Waals surface area contributed by atoms with E-state index < -0.39 is 5.82 Å². The topological polar surface area (TPSA) is 26.3 Å². The highest BCUT2D eigenvalue weighted by Crippen LogP contribution is 2.25. The fraction of sp³-hybridized carbons (Fsp3) is 0.133. The van der Waals surface area contributed by atoms with Gasteiger partial charge in [0.2, 0.25) is 0 Å². The van der Waals surface area contributed by atoms with Crippen LogP contribution in [0.1, 0.15) is 21.5 Å². The third-order valence-corrected chi connectivity index (χ3v) is 3.38. The normalized spacial score (nSPS) is 10.3. The Morgan fingerprint density at radius 3 is 2.53 bits per heavy atom. The second kappa shape index (κ2) is 5.53. The molecule has 0 aliphatic carbocycles. The second-order valence-electron chi connectivity index (χ2n) is 4.19. The molecule has 0 fully saturated rings. The number of benzene rings is 2. The zero-order valence-corrected chi connectivity index (χ0v) is 12.1. The SMILES string of the molecule is COc1ccc(C(=O)c2cc(C)cc(F)c2)c(Br)c1. The van der Waals surface area contributed by atoms with Gasteiger partial charge >= 0.3 is 0 Å². The molecule has 0 amide bonds. The number of carbonyl (C=O) groups is 1.